The number of nitrogens with zero attached hydrogens (tertiary/aromatic N) is 4. The fourth-order valence-electron chi connectivity index (χ4n) is 3.80. The number of aliphatic carboxylic acids is 1. The quantitative estimate of drug-likeness (QED) is 0.564. The zero-order chi connectivity index (χ0) is 22.2. The Balaban J connectivity index is 1.34. The van der Waals surface area contributed by atoms with E-state index in [0.717, 1.165) is 4.88 Å². The van der Waals surface area contributed by atoms with Crippen LogP contribution in [0, 0.1) is 0 Å². The fourth-order valence-corrected chi connectivity index (χ4v) is 6.88. The molecule has 1 unspecified atom stereocenters. The van der Waals surface area contributed by atoms with Crippen LogP contribution in [0.1, 0.15) is 9.88 Å². The van der Waals surface area contributed by atoms with Crippen LogP contribution in [0.25, 0.3) is 5.57 Å². The number of anilines is 1. The predicted molar refractivity (Wildman–Crippen MR) is 121 cm³/mol. The number of carboxylic acids is 1. The third kappa shape index (κ3) is 3.89. The molecule has 5 rings (SSSR count). The summed E-state index contributed by atoms with van der Waals surface area (Å²) in [5.74, 6) is -1.50. The Hall–Kier alpha value is -2.48. The van der Waals surface area contributed by atoms with E-state index < -0.39 is 23.3 Å². The number of amides is 2. The first-order valence-electron chi connectivity index (χ1n) is 9.92. The van der Waals surface area contributed by atoms with Crippen LogP contribution in [0.3, 0.4) is 0 Å². The van der Waals surface area contributed by atoms with Gasteiger partial charge in [-0.3, -0.25) is 14.5 Å². The number of thioether (sulfide) groups is 1. The molecule has 2 fully saturated rings. The smallest absolute Gasteiger partial charge is 0.353 e. The molecule has 168 valence electrons. The van der Waals surface area contributed by atoms with Crippen molar-refractivity contribution in [2.75, 3.05) is 37.0 Å². The highest BCUT2D eigenvalue weighted by molar-refractivity contribution is 8.00. The van der Waals surface area contributed by atoms with E-state index in [1.807, 2.05) is 17.5 Å². The minimum Gasteiger partial charge on any atom is -0.477 e. The lowest BCUT2D eigenvalue weighted by Crippen LogP contribution is -2.70. The minimum absolute atomic E-state index is 0.0767. The van der Waals surface area contributed by atoms with Gasteiger partial charge in [-0.1, -0.05) is 17.4 Å². The maximum Gasteiger partial charge on any atom is 0.353 e. The number of carboxylic acid groups (broad SMARTS) is 1. The van der Waals surface area contributed by atoms with Crippen LogP contribution in [0.5, 0.6) is 0 Å². The topological polar surface area (TPSA) is 125 Å². The molecule has 2 N–H and O–H groups in total. The molecule has 0 aromatic carbocycles. The Labute approximate surface area is 195 Å². The molecular formula is C19H19N5O5S3. The zero-order valence-electron chi connectivity index (χ0n) is 16.7. The van der Waals surface area contributed by atoms with Gasteiger partial charge in [0.05, 0.1) is 19.6 Å². The van der Waals surface area contributed by atoms with Crippen LogP contribution in [0.4, 0.5) is 5.13 Å². The first kappa shape index (κ1) is 21.4. The van der Waals surface area contributed by atoms with Crippen molar-refractivity contribution in [1.29, 1.82) is 0 Å². The maximum absolute atomic E-state index is 12.8. The third-order valence-corrected chi connectivity index (χ3v) is 8.56. The summed E-state index contributed by atoms with van der Waals surface area (Å²) >= 11 is 4.21. The van der Waals surface area contributed by atoms with Crippen LogP contribution in [0.15, 0.2) is 23.2 Å². The molecule has 10 nitrogen and oxygen atoms in total. The number of ether oxygens (including phenoxy) is 1. The van der Waals surface area contributed by atoms with Gasteiger partial charge in [0, 0.05) is 29.3 Å². The molecule has 0 bridgehead atoms. The molecule has 3 aliphatic rings. The van der Waals surface area contributed by atoms with E-state index >= 15 is 0 Å². The zero-order valence-corrected chi connectivity index (χ0v) is 19.2. The normalized spacial score (nSPS) is 23.1. The van der Waals surface area contributed by atoms with Gasteiger partial charge in [0.2, 0.25) is 11.0 Å². The summed E-state index contributed by atoms with van der Waals surface area (Å²) in [5, 5.41) is 23.7. The van der Waals surface area contributed by atoms with Crippen LogP contribution >= 0.6 is 34.4 Å². The average Bonchev–Trinajstić information content (AvgIpc) is 3.49. The second-order valence-corrected chi connectivity index (χ2v) is 10.4. The highest BCUT2D eigenvalue weighted by atomic mass is 32.2. The van der Waals surface area contributed by atoms with Crippen LogP contribution in [-0.4, -0.2) is 81.5 Å². The van der Waals surface area contributed by atoms with Gasteiger partial charge < -0.3 is 20.1 Å². The lowest BCUT2D eigenvalue weighted by molar-refractivity contribution is -0.150. The van der Waals surface area contributed by atoms with E-state index in [2.05, 4.69) is 20.4 Å². The lowest BCUT2D eigenvalue weighted by atomic mass is 10.0. The second kappa shape index (κ2) is 8.81. The summed E-state index contributed by atoms with van der Waals surface area (Å²) < 4.78 is 5.36. The third-order valence-electron chi connectivity index (χ3n) is 5.36. The molecule has 3 aliphatic heterocycles. The molecule has 2 aromatic heterocycles. The van der Waals surface area contributed by atoms with Gasteiger partial charge in [-0.25, -0.2) is 4.79 Å². The number of hydrogen-bond acceptors (Lipinski definition) is 10. The number of thiophene rings is 1. The number of carbonyl (C=O) groups is 3. The van der Waals surface area contributed by atoms with Crippen molar-refractivity contribution in [3.05, 3.63) is 33.1 Å². The Morgan fingerprint density at radius 1 is 1.28 bits per heavy atom. The van der Waals surface area contributed by atoms with Crippen molar-refractivity contribution >= 4 is 62.9 Å². The Bertz CT molecular complexity index is 1080. The predicted octanol–water partition coefficient (Wildman–Crippen LogP) is 0.874. The van der Waals surface area contributed by atoms with Gasteiger partial charge in [0.25, 0.3) is 5.91 Å². The maximum atomic E-state index is 12.8. The van der Waals surface area contributed by atoms with Crippen molar-refractivity contribution in [3.8, 4) is 0 Å². The standard InChI is InChI=1S/C19H19N5O5S3/c25-12(8-10-2-1-7-30-10)20-13-16(26)24-14(18(27)28)11(9-31-17(13)24)15-21-22-19(32-15)23-3-5-29-6-4-23/h1-2,7,13,17H,3-6,8-9H2,(H,20,25)(H,27,28)/t13?,17-/m0/s1. The van der Waals surface area contributed by atoms with E-state index in [0.29, 0.717) is 47.8 Å². The number of morpholine rings is 1. The van der Waals surface area contributed by atoms with Crippen LogP contribution in [0.2, 0.25) is 0 Å². The molecule has 5 heterocycles. The summed E-state index contributed by atoms with van der Waals surface area (Å²) in [6.07, 6.45) is 0.195. The molecule has 2 aromatic rings. The van der Waals surface area contributed by atoms with Gasteiger partial charge in [-0.2, -0.15) is 0 Å². The SMILES string of the molecule is O=C(Cc1cccs1)NC1C(=O)N2C(C(=O)O)=C(c3nnc(N4CCOCC4)s3)CS[C@@H]12. The summed E-state index contributed by atoms with van der Waals surface area (Å²) in [6.45, 7) is 2.62. The number of hydrogen-bond donors (Lipinski definition) is 2. The summed E-state index contributed by atoms with van der Waals surface area (Å²) in [7, 11) is 0. The Kier molecular flexibility index (Phi) is 5.88. The largest absolute Gasteiger partial charge is 0.477 e. The van der Waals surface area contributed by atoms with Gasteiger partial charge in [-0.15, -0.1) is 33.3 Å². The number of aromatic nitrogens is 2. The first-order valence-corrected chi connectivity index (χ1v) is 12.7. The monoisotopic (exact) mass is 493 g/mol. The van der Waals surface area contributed by atoms with E-state index in [4.69, 9.17) is 4.74 Å². The number of fused-ring (bicyclic) bond motifs is 1. The molecule has 32 heavy (non-hydrogen) atoms. The van der Waals surface area contributed by atoms with Crippen molar-refractivity contribution in [1.82, 2.24) is 20.4 Å². The number of β-lactam (4-membered cyclic amide) rings is 1. The Morgan fingerprint density at radius 3 is 2.81 bits per heavy atom. The minimum atomic E-state index is -1.19. The molecule has 0 saturated carbocycles. The van der Waals surface area contributed by atoms with Crippen molar-refractivity contribution in [2.45, 2.75) is 17.8 Å². The van der Waals surface area contributed by atoms with E-state index in [9.17, 15) is 19.5 Å². The highest BCUT2D eigenvalue weighted by Crippen LogP contribution is 2.44. The Morgan fingerprint density at radius 2 is 2.09 bits per heavy atom. The highest BCUT2D eigenvalue weighted by Gasteiger charge is 2.54. The number of rotatable bonds is 6. The van der Waals surface area contributed by atoms with E-state index in [-0.39, 0.29) is 18.0 Å². The molecule has 2 amide bonds. The van der Waals surface area contributed by atoms with Crippen molar-refractivity contribution in [3.63, 3.8) is 0 Å². The van der Waals surface area contributed by atoms with Gasteiger partial charge in [0.15, 0.2) is 0 Å². The molecule has 2 atom stereocenters. The lowest BCUT2D eigenvalue weighted by Gasteiger charge is -2.49. The van der Waals surface area contributed by atoms with Crippen molar-refractivity contribution < 1.29 is 24.2 Å². The van der Waals surface area contributed by atoms with Crippen molar-refractivity contribution in [2.24, 2.45) is 0 Å². The van der Waals surface area contributed by atoms with Gasteiger partial charge in [0.1, 0.15) is 22.1 Å². The molecule has 13 heteroatoms. The van der Waals surface area contributed by atoms with Gasteiger partial charge in [-0.05, 0) is 11.4 Å². The molecule has 0 spiro atoms. The number of nitrogens with one attached hydrogen (secondary N) is 1. The average molecular weight is 494 g/mol. The molecule has 0 aliphatic carbocycles. The van der Waals surface area contributed by atoms with Gasteiger partial charge >= 0.3 is 5.97 Å². The summed E-state index contributed by atoms with van der Waals surface area (Å²) in [6, 6.07) is 2.99. The number of carbonyl (C=O) groups excluding carboxylic acids is 2. The molecular weight excluding hydrogens is 474 g/mol. The van der Waals surface area contributed by atoms with E-state index in [1.54, 1.807) is 0 Å². The molecule has 0 radical (unpaired) electrons. The second-order valence-electron chi connectivity index (χ2n) is 7.33. The first-order chi connectivity index (χ1) is 15.5. The molecule has 2 saturated heterocycles. The van der Waals surface area contributed by atoms with Crippen LogP contribution < -0.4 is 10.2 Å². The fraction of sp³-hybridized carbons (Fsp3) is 0.421. The summed E-state index contributed by atoms with van der Waals surface area (Å²) in [5.41, 5.74) is 0.402. The van der Waals surface area contributed by atoms with Crippen LogP contribution in [-0.2, 0) is 25.5 Å². The summed E-state index contributed by atoms with van der Waals surface area (Å²) in [4.78, 5) is 41.5. The van der Waals surface area contributed by atoms with E-state index in [1.165, 1.54) is 39.3 Å².